The van der Waals surface area contributed by atoms with Crippen molar-refractivity contribution in [1.82, 2.24) is 19.0 Å². The van der Waals surface area contributed by atoms with E-state index in [1.54, 1.807) is 0 Å². The minimum atomic E-state index is 1.01. The van der Waals surface area contributed by atoms with Crippen molar-refractivity contribution in [1.29, 1.82) is 0 Å². The van der Waals surface area contributed by atoms with Gasteiger partial charge < -0.3 is 0 Å². The van der Waals surface area contributed by atoms with Gasteiger partial charge in [-0.1, -0.05) is 13.8 Å². The molecule has 4 heteroatoms. The molecule has 0 saturated heterocycles. The maximum absolute atomic E-state index is 2.44. The second-order valence-corrected chi connectivity index (χ2v) is 4.41. The summed E-state index contributed by atoms with van der Waals surface area (Å²) < 4.78 is 4.88. The van der Waals surface area contributed by atoms with E-state index in [0.717, 1.165) is 39.0 Å². The predicted octanol–water partition coefficient (Wildman–Crippen LogP) is 3.22. The molecule has 0 aliphatic heterocycles. The predicted molar refractivity (Wildman–Crippen MR) is 77.5 cm³/mol. The Bertz CT molecular complexity index is 292. The molecule has 0 unspecified atom stereocenters. The molecule has 0 aliphatic rings. The molecular formula is C14H30N4. The minimum Gasteiger partial charge on any atom is -0.273 e. The molecule has 1 rings (SSSR count). The van der Waals surface area contributed by atoms with Gasteiger partial charge in [0.05, 0.1) is 24.5 Å². The summed E-state index contributed by atoms with van der Waals surface area (Å²) in [5.41, 5.74) is 2.96. The number of hydrogen-bond acceptors (Lipinski definition) is 0. The SMILES string of the molecule is CCc1c(CC)n(CC)n(CC)n(CC)n1CC. The lowest BCUT2D eigenvalue weighted by Gasteiger charge is -2.31. The average molecular weight is 254 g/mol. The van der Waals surface area contributed by atoms with Gasteiger partial charge in [-0.15, -0.1) is 0 Å². The van der Waals surface area contributed by atoms with Crippen LogP contribution in [0.4, 0.5) is 0 Å². The molecule has 0 saturated carbocycles. The zero-order valence-electron chi connectivity index (χ0n) is 13.0. The lowest BCUT2D eigenvalue weighted by Crippen LogP contribution is -2.36. The Morgan fingerprint density at radius 1 is 0.556 bits per heavy atom. The fourth-order valence-corrected chi connectivity index (χ4v) is 2.98. The summed E-state index contributed by atoms with van der Waals surface area (Å²) in [4.78, 5) is 4.75. The minimum absolute atomic E-state index is 1.01. The third-order valence-electron chi connectivity index (χ3n) is 3.61. The first kappa shape index (κ1) is 15.0. The van der Waals surface area contributed by atoms with Gasteiger partial charge in [-0.2, -0.15) is 0 Å². The average Bonchev–Trinajstić information content (AvgIpc) is 2.43. The zero-order valence-corrected chi connectivity index (χ0v) is 13.0. The third-order valence-corrected chi connectivity index (χ3v) is 3.61. The summed E-state index contributed by atoms with van der Waals surface area (Å²) in [6.07, 6.45) is 2.20. The van der Waals surface area contributed by atoms with Crippen molar-refractivity contribution in [2.24, 2.45) is 0 Å². The number of hydrogen-bond donors (Lipinski definition) is 0. The van der Waals surface area contributed by atoms with Gasteiger partial charge in [0.1, 0.15) is 0 Å². The monoisotopic (exact) mass is 254 g/mol. The molecule has 18 heavy (non-hydrogen) atoms. The number of rotatable bonds is 6. The molecular weight excluding hydrogens is 224 g/mol. The van der Waals surface area contributed by atoms with Crippen molar-refractivity contribution < 1.29 is 0 Å². The van der Waals surface area contributed by atoms with Crippen LogP contribution in [0.3, 0.4) is 0 Å². The first-order chi connectivity index (χ1) is 8.69. The largest absolute Gasteiger partial charge is 0.273 e. The number of aromatic nitrogens is 4. The molecule has 0 bridgehead atoms. The van der Waals surface area contributed by atoms with Crippen LogP contribution in [0.1, 0.15) is 52.9 Å². The molecule has 0 aromatic carbocycles. The molecule has 1 aromatic rings. The van der Waals surface area contributed by atoms with E-state index in [2.05, 4.69) is 60.5 Å². The van der Waals surface area contributed by atoms with Gasteiger partial charge in [-0.25, -0.2) is 9.59 Å². The molecule has 0 aliphatic carbocycles. The van der Waals surface area contributed by atoms with Gasteiger partial charge in [0.15, 0.2) is 0 Å². The summed E-state index contributed by atoms with van der Waals surface area (Å²) in [6, 6.07) is 0. The van der Waals surface area contributed by atoms with Crippen molar-refractivity contribution in [2.45, 2.75) is 80.6 Å². The highest BCUT2D eigenvalue weighted by Gasteiger charge is 2.13. The Balaban J connectivity index is 3.71. The first-order valence-corrected chi connectivity index (χ1v) is 7.51. The van der Waals surface area contributed by atoms with Crippen molar-refractivity contribution >= 4 is 0 Å². The molecule has 4 nitrogen and oxygen atoms in total. The molecule has 0 N–H and O–H groups in total. The normalized spacial score (nSPS) is 11.0. The fourth-order valence-electron chi connectivity index (χ4n) is 2.98. The Morgan fingerprint density at radius 2 is 0.889 bits per heavy atom. The second-order valence-electron chi connectivity index (χ2n) is 4.41. The van der Waals surface area contributed by atoms with Crippen LogP contribution in [-0.2, 0) is 39.0 Å². The van der Waals surface area contributed by atoms with E-state index in [4.69, 9.17) is 0 Å². The highest BCUT2D eigenvalue weighted by Crippen LogP contribution is 2.13. The highest BCUT2D eigenvalue weighted by atomic mass is 15.7. The van der Waals surface area contributed by atoms with Crippen LogP contribution in [0.5, 0.6) is 0 Å². The topological polar surface area (TPSA) is 19.7 Å². The molecule has 0 atom stereocenters. The lowest BCUT2D eigenvalue weighted by atomic mass is 10.2. The smallest absolute Gasteiger partial charge is 0.0571 e. The molecule has 1 heterocycles. The van der Waals surface area contributed by atoms with Crippen LogP contribution in [0, 0.1) is 0 Å². The van der Waals surface area contributed by atoms with Crippen LogP contribution in [0.25, 0.3) is 0 Å². The fraction of sp³-hybridized carbons (Fsp3) is 0.857. The third kappa shape index (κ3) is 2.38. The van der Waals surface area contributed by atoms with E-state index in [-0.39, 0.29) is 0 Å². The van der Waals surface area contributed by atoms with E-state index >= 15 is 0 Å². The van der Waals surface area contributed by atoms with Gasteiger partial charge in [-0.05, 0) is 40.5 Å². The van der Waals surface area contributed by atoms with E-state index < -0.39 is 0 Å². The van der Waals surface area contributed by atoms with Crippen LogP contribution in [0.15, 0.2) is 0 Å². The molecule has 0 amide bonds. The van der Waals surface area contributed by atoms with Crippen molar-refractivity contribution in [2.75, 3.05) is 0 Å². The van der Waals surface area contributed by atoms with Crippen LogP contribution in [-0.4, -0.2) is 19.0 Å². The zero-order chi connectivity index (χ0) is 13.7. The van der Waals surface area contributed by atoms with Gasteiger partial charge >= 0.3 is 0 Å². The highest BCUT2D eigenvalue weighted by molar-refractivity contribution is 5.11. The van der Waals surface area contributed by atoms with Gasteiger partial charge in [0, 0.05) is 13.1 Å². The standard InChI is InChI=1S/C14H30N4/c1-7-13-14(8-2)16(10-4)18(12-6)17(11-5)15(13)9-3/h7-12H2,1-6H3. The van der Waals surface area contributed by atoms with E-state index in [1.807, 2.05) is 0 Å². The molecule has 0 fully saturated rings. The molecule has 106 valence electrons. The Morgan fingerprint density at radius 3 is 1.06 bits per heavy atom. The summed E-state index contributed by atoms with van der Waals surface area (Å²) in [6.45, 7) is 17.5. The summed E-state index contributed by atoms with van der Waals surface area (Å²) in [5.74, 6) is 0. The van der Waals surface area contributed by atoms with E-state index in [0.29, 0.717) is 0 Å². The molecule has 0 spiro atoms. The maximum Gasteiger partial charge on any atom is 0.0571 e. The second kappa shape index (κ2) is 6.76. The lowest BCUT2D eigenvalue weighted by molar-refractivity contribution is 0.225. The van der Waals surface area contributed by atoms with Crippen LogP contribution >= 0.6 is 0 Å². The van der Waals surface area contributed by atoms with Gasteiger partial charge in [-0.3, -0.25) is 9.36 Å². The molecule has 1 aromatic heterocycles. The summed E-state index contributed by atoms with van der Waals surface area (Å²) in [5, 5.41) is 0. The number of nitrogens with zero attached hydrogens (tertiary/aromatic N) is 4. The van der Waals surface area contributed by atoms with Gasteiger partial charge in [0.2, 0.25) is 0 Å². The quantitative estimate of drug-likeness (QED) is 0.743. The Kier molecular flexibility index (Phi) is 5.63. The van der Waals surface area contributed by atoms with Crippen molar-refractivity contribution in [3.63, 3.8) is 0 Å². The van der Waals surface area contributed by atoms with Crippen LogP contribution < -0.4 is 0 Å². The van der Waals surface area contributed by atoms with E-state index in [1.165, 1.54) is 11.4 Å². The van der Waals surface area contributed by atoms with Crippen molar-refractivity contribution in [3.05, 3.63) is 11.4 Å². The van der Waals surface area contributed by atoms with Gasteiger partial charge in [0.25, 0.3) is 0 Å². The first-order valence-electron chi connectivity index (χ1n) is 7.51. The van der Waals surface area contributed by atoms with Crippen LogP contribution in [0.2, 0.25) is 0 Å². The molecule has 0 radical (unpaired) electrons. The van der Waals surface area contributed by atoms with Crippen molar-refractivity contribution in [3.8, 4) is 0 Å². The summed E-state index contributed by atoms with van der Waals surface area (Å²) in [7, 11) is 0. The maximum atomic E-state index is 2.44. The Labute approximate surface area is 111 Å². The van der Waals surface area contributed by atoms with E-state index in [9.17, 15) is 0 Å². The Hall–Kier alpha value is -1.06. The summed E-state index contributed by atoms with van der Waals surface area (Å²) >= 11 is 0.